The molecule has 1 aromatic carbocycles. The number of pyridine rings is 1. The van der Waals surface area contributed by atoms with Crippen molar-refractivity contribution in [2.45, 2.75) is 128 Å². The van der Waals surface area contributed by atoms with Crippen molar-refractivity contribution in [3.05, 3.63) is 60.0 Å². The molecule has 10 nitrogen and oxygen atoms in total. The van der Waals surface area contributed by atoms with E-state index in [2.05, 4.69) is 68.6 Å². The fourth-order valence-electron chi connectivity index (χ4n) is 9.18. The van der Waals surface area contributed by atoms with Gasteiger partial charge >= 0.3 is 6.09 Å². The number of nitrogens with one attached hydrogen (secondary N) is 1. The van der Waals surface area contributed by atoms with Crippen LogP contribution in [0.4, 0.5) is 10.6 Å². The largest absolute Gasteiger partial charge is 0.496 e. The van der Waals surface area contributed by atoms with Gasteiger partial charge in [-0.05, 0) is 150 Å². The number of fused-ring (bicyclic) bond motifs is 3. The highest BCUT2D eigenvalue weighted by Gasteiger charge is 2.51. The first-order valence-corrected chi connectivity index (χ1v) is 19.5. The number of nitrogens with zero attached hydrogens (tertiary/aromatic N) is 4. The molecule has 1 saturated heterocycles. The Morgan fingerprint density at radius 3 is 2.31 bits per heavy atom. The van der Waals surface area contributed by atoms with Gasteiger partial charge in [-0.1, -0.05) is 12.1 Å². The van der Waals surface area contributed by atoms with Crippen LogP contribution in [0, 0.1) is 18.3 Å². The quantitative estimate of drug-likeness (QED) is 0.239. The van der Waals surface area contributed by atoms with Crippen molar-refractivity contribution in [2.24, 2.45) is 11.3 Å². The number of amides is 2. The van der Waals surface area contributed by atoms with E-state index in [-0.39, 0.29) is 46.4 Å². The Bertz CT molecular complexity index is 1710. The van der Waals surface area contributed by atoms with E-state index in [4.69, 9.17) is 19.2 Å². The van der Waals surface area contributed by atoms with Crippen LogP contribution in [0.15, 0.2) is 48.9 Å². The Morgan fingerprint density at radius 1 is 0.962 bits per heavy atom. The third-order valence-electron chi connectivity index (χ3n) is 12.6. The smallest absolute Gasteiger partial charge is 0.407 e. The standard InChI is InChI=1S/C42H57N5O5/c1-29-24-33(8-11-36(29)50-5)42-18-15-41(16-19-42,17-20-42)28-46(37-25-31(12-21-43-37)32-26-44-47(27-32)40(2,3)4)38(48)30-6-9-35(10-7-30)52-39(49)45-34-13-22-51-23-14-34/h8,11-12,21,24-27,30,34-35H,6-7,9-10,13-20,22-23,28H2,1-5H3,(H,45,49). The number of aryl methyl sites for hydroxylation is 1. The highest BCUT2D eigenvalue weighted by atomic mass is 16.6. The maximum Gasteiger partial charge on any atom is 0.407 e. The Morgan fingerprint density at radius 2 is 1.67 bits per heavy atom. The number of ether oxygens (including phenoxy) is 3. The number of rotatable bonds is 9. The van der Waals surface area contributed by atoms with Crippen molar-refractivity contribution in [3.63, 3.8) is 0 Å². The summed E-state index contributed by atoms with van der Waals surface area (Å²) in [4.78, 5) is 34.3. The second-order valence-corrected chi connectivity index (χ2v) is 17.0. The molecule has 2 aromatic heterocycles. The number of anilines is 1. The second-order valence-electron chi connectivity index (χ2n) is 17.0. The summed E-state index contributed by atoms with van der Waals surface area (Å²) in [6.07, 6.45) is 16.3. The van der Waals surface area contributed by atoms with Gasteiger partial charge in [-0.15, -0.1) is 0 Å². The van der Waals surface area contributed by atoms with Gasteiger partial charge in [0.25, 0.3) is 0 Å². The van der Waals surface area contributed by atoms with Gasteiger partial charge in [0.15, 0.2) is 0 Å². The molecule has 4 aliphatic carbocycles. The average Bonchev–Trinajstić information content (AvgIpc) is 3.67. The summed E-state index contributed by atoms with van der Waals surface area (Å²) >= 11 is 0. The first-order valence-electron chi connectivity index (χ1n) is 19.5. The summed E-state index contributed by atoms with van der Waals surface area (Å²) in [5.74, 6) is 1.65. The molecule has 0 spiro atoms. The molecule has 52 heavy (non-hydrogen) atoms. The number of carbonyl (C=O) groups excluding carboxylic acids is 2. The van der Waals surface area contributed by atoms with Crippen molar-refractivity contribution < 1.29 is 23.8 Å². The van der Waals surface area contributed by atoms with E-state index in [9.17, 15) is 9.59 Å². The van der Waals surface area contributed by atoms with Crippen LogP contribution >= 0.6 is 0 Å². The predicted octanol–water partition coefficient (Wildman–Crippen LogP) is 8.11. The van der Waals surface area contributed by atoms with Crippen LogP contribution in [0.2, 0.25) is 0 Å². The van der Waals surface area contributed by atoms with Crippen LogP contribution in [-0.2, 0) is 25.2 Å². The Labute approximate surface area is 309 Å². The number of carbonyl (C=O) groups is 2. The predicted molar refractivity (Wildman–Crippen MR) is 202 cm³/mol. The van der Waals surface area contributed by atoms with E-state index < -0.39 is 0 Å². The van der Waals surface area contributed by atoms with Gasteiger partial charge in [0.2, 0.25) is 5.91 Å². The third-order valence-corrected chi connectivity index (χ3v) is 12.6. The topological polar surface area (TPSA) is 108 Å². The normalized spacial score (nSPS) is 26.5. The highest BCUT2D eigenvalue weighted by Crippen LogP contribution is 2.58. The molecular formula is C42H57N5O5. The first kappa shape index (κ1) is 36.4. The summed E-state index contributed by atoms with van der Waals surface area (Å²) in [5, 5.41) is 7.65. The van der Waals surface area contributed by atoms with Crippen molar-refractivity contribution >= 4 is 17.8 Å². The zero-order valence-electron chi connectivity index (χ0n) is 31.8. The van der Waals surface area contributed by atoms with E-state index in [1.807, 2.05) is 28.0 Å². The molecule has 5 fully saturated rings. The number of aromatic nitrogens is 3. The van der Waals surface area contributed by atoms with Crippen LogP contribution in [0.5, 0.6) is 5.75 Å². The minimum atomic E-state index is -0.353. The third kappa shape index (κ3) is 7.73. The van der Waals surface area contributed by atoms with Crippen LogP contribution in [0.25, 0.3) is 11.1 Å². The number of benzene rings is 1. The zero-order chi connectivity index (χ0) is 36.5. The molecule has 1 N–H and O–H groups in total. The monoisotopic (exact) mass is 711 g/mol. The van der Waals surface area contributed by atoms with E-state index in [0.717, 1.165) is 68.2 Å². The molecule has 3 heterocycles. The van der Waals surface area contributed by atoms with Gasteiger partial charge in [-0.3, -0.25) is 14.4 Å². The lowest BCUT2D eigenvalue weighted by Crippen LogP contribution is -2.52. The number of methoxy groups -OCH3 is 1. The minimum absolute atomic E-state index is 0.0519. The van der Waals surface area contributed by atoms with E-state index in [1.54, 1.807) is 7.11 Å². The summed E-state index contributed by atoms with van der Waals surface area (Å²) in [7, 11) is 1.74. The lowest BCUT2D eigenvalue weighted by atomic mass is 9.51. The molecule has 3 aromatic rings. The van der Waals surface area contributed by atoms with Crippen molar-refractivity contribution in [2.75, 3.05) is 31.8 Å². The SMILES string of the molecule is COc1ccc(C23CCC(CN(C(=O)C4CCC(OC(=O)NC5CCOCC5)CC4)c4cc(-c5cnn(C(C)(C)C)c5)ccn4)(CC2)CC3)cc1C. The first-order chi connectivity index (χ1) is 25.0. The van der Waals surface area contributed by atoms with Gasteiger partial charge in [-0.25, -0.2) is 9.78 Å². The van der Waals surface area contributed by atoms with E-state index in [0.29, 0.717) is 51.3 Å². The van der Waals surface area contributed by atoms with Crippen molar-refractivity contribution in [1.29, 1.82) is 0 Å². The molecule has 0 atom stereocenters. The van der Waals surface area contributed by atoms with Crippen molar-refractivity contribution in [3.8, 4) is 16.9 Å². The van der Waals surface area contributed by atoms with Crippen LogP contribution in [0.1, 0.15) is 109 Å². The fraction of sp³-hybridized carbons (Fsp3) is 0.619. The summed E-state index contributed by atoms with van der Waals surface area (Å²) in [5.41, 5.74) is 4.74. The molecule has 2 amide bonds. The molecule has 1 aliphatic heterocycles. The molecule has 8 rings (SSSR count). The Kier molecular flexibility index (Phi) is 10.4. The Balaban J connectivity index is 1.08. The summed E-state index contributed by atoms with van der Waals surface area (Å²) in [6.45, 7) is 10.5. The van der Waals surface area contributed by atoms with Gasteiger partial charge in [-0.2, -0.15) is 5.10 Å². The van der Waals surface area contributed by atoms with Gasteiger partial charge in [0.1, 0.15) is 17.7 Å². The molecule has 280 valence electrons. The van der Waals surface area contributed by atoms with Crippen molar-refractivity contribution in [1.82, 2.24) is 20.1 Å². The molecule has 5 aliphatic rings. The maximum absolute atomic E-state index is 14.7. The number of alkyl carbamates (subject to hydrolysis) is 1. The second kappa shape index (κ2) is 14.8. The number of hydrogen-bond donors (Lipinski definition) is 1. The summed E-state index contributed by atoms with van der Waals surface area (Å²) < 4.78 is 18.8. The fourth-order valence-corrected chi connectivity index (χ4v) is 9.18. The molecular weight excluding hydrogens is 654 g/mol. The molecule has 2 bridgehead atoms. The molecule has 10 heteroatoms. The van der Waals surface area contributed by atoms with Crippen LogP contribution in [-0.4, -0.2) is 65.8 Å². The highest BCUT2D eigenvalue weighted by molar-refractivity contribution is 5.95. The van der Waals surface area contributed by atoms with Crippen LogP contribution in [0.3, 0.4) is 0 Å². The number of hydrogen-bond acceptors (Lipinski definition) is 7. The minimum Gasteiger partial charge on any atom is -0.496 e. The lowest BCUT2D eigenvalue weighted by molar-refractivity contribution is -0.124. The molecule has 0 radical (unpaired) electrons. The molecule has 0 unspecified atom stereocenters. The zero-order valence-corrected chi connectivity index (χ0v) is 31.8. The molecule has 4 saturated carbocycles. The van der Waals surface area contributed by atoms with Crippen LogP contribution < -0.4 is 15.0 Å². The Hall–Kier alpha value is -3.92. The lowest BCUT2D eigenvalue weighted by Gasteiger charge is -2.55. The van der Waals surface area contributed by atoms with Gasteiger partial charge in [0, 0.05) is 49.7 Å². The van der Waals surface area contributed by atoms with E-state index >= 15 is 0 Å². The maximum atomic E-state index is 14.7. The van der Waals surface area contributed by atoms with E-state index in [1.165, 1.54) is 11.1 Å². The average molecular weight is 712 g/mol. The van der Waals surface area contributed by atoms with Gasteiger partial charge in [0.05, 0.1) is 18.8 Å². The van der Waals surface area contributed by atoms with Gasteiger partial charge < -0.3 is 19.5 Å². The summed E-state index contributed by atoms with van der Waals surface area (Å²) in [6, 6.07) is 10.9.